The van der Waals surface area contributed by atoms with Gasteiger partial charge in [-0.15, -0.1) is 0 Å². The van der Waals surface area contributed by atoms with Gasteiger partial charge in [-0.1, -0.05) is 17.7 Å². The standard InChI is InChI=1S/C22H23ClN4O3/c1-14-3-5-18(23)11-19(14)26-21(28)15(2)30-22(29)17-7-9-27(10-8-17)20-6-4-16(12-24)13-25-20/h3-6,11,13,15,17H,7-10H2,1-2H3,(H,26,28). The molecule has 1 fully saturated rings. The minimum Gasteiger partial charge on any atom is -0.452 e. The maximum Gasteiger partial charge on any atom is 0.309 e. The molecule has 156 valence electrons. The Bertz CT molecular complexity index is 963. The number of nitrogens with zero attached hydrogens (tertiary/aromatic N) is 3. The van der Waals surface area contributed by atoms with E-state index in [0.717, 1.165) is 11.4 Å². The lowest BCUT2D eigenvalue weighted by Crippen LogP contribution is -2.39. The van der Waals surface area contributed by atoms with Crippen molar-refractivity contribution in [3.8, 4) is 6.07 Å². The van der Waals surface area contributed by atoms with Crippen molar-refractivity contribution in [1.29, 1.82) is 5.26 Å². The van der Waals surface area contributed by atoms with Crippen LogP contribution < -0.4 is 10.2 Å². The SMILES string of the molecule is Cc1ccc(Cl)cc1NC(=O)C(C)OC(=O)C1CCN(c2ccc(C#N)cn2)CC1. The minimum atomic E-state index is -0.908. The lowest BCUT2D eigenvalue weighted by Gasteiger charge is -2.32. The van der Waals surface area contributed by atoms with Crippen molar-refractivity contribution in [3.05, 3.63) is 52.7 Å². The molecule has 0 aliphatic carbocycles. The number of pyridine rings is 1. The molecule has 30 heavy (non-hydrogen) atoms. The van der Waals surface area contributed by atoms with Gasteiger partial charge in [-0.3, -0.25) is 9.59 Å². The second-order valence-electron chi connectivity index (χ2n) is 7.31. The fraction of sp³-hybridized carbons (Fsp3) is 0.364. The van der Waals surface area contributed by atoms with E-state index in [4.69, 9.17) is 21.6 Å². The summed E-state index contributed by atoms with van der Waals surface area (Å²) in [5, 5.41) is 12.1. The van der Waals surface area contributed by atoms with Crippen LogP contribution in [0.15, 0.2) is 36.5 Å². The molecule has 0 spiro atoms. The molecule has 1 aliphatic rings. The zero-order valence-corrected chi connectivity index (χ0v) is 17.6. The van der Waals surface area contributed by atoms with E-state index >= 15 is 0 Å². The third-order valence-corrected chi connectivity index (χ3v) is 5.38. The van der Waals surface area contributed by atoms with Gasteiger partial charge >= 0.3 is 5.97 Å². The van der Waals surface area contributed by atoms with Crippen molar-refractivity contribution in [2.45, 2.75) is 32.8 Å². The van der Waals surface area contributed by atoms with Gasteiger partial charge in [0.15, 0.2) is 6.10 Å². The quantitative estimate of drug-likeness (QED) is 0.732. The highest BCUT2D eigenvalue weighted by atomic mass is 35.5. The van der Waals surface area contributed by atoms with Crippen LogP contribution >= 0.6 is 11.6 Å². The third kappa shape index (κ3) is 5.28. The number of carbonyl (C=O) groups is 2. The average molecular weight is 427 g/mol. The van der Waals surface area contributed by atoms with Gasteiger partial charge in [0, 0.05) is 30.0 Å². The zero-order valence-electron chi connectivity index (χ0n) is 16.9. The van der Waals surface area contributed by atoms with Crippen LogP contribution in [0.2, 0.25) is 5.02 Å². The molecule has 1 aromatic heterocycles. The van der Waals surface area contributed by atoms with Crippen LogP contribution in [-0.2, 0) is 14.3 Å². The number of ether oxygens (including phenoxy) is 1. The van der Waals surface area contributed by atoms with Crippen LogP contribution in [0, 0.1) is 24.2 Å². The van der Waals surface area contributed by atoms with Gasteiger partial charge in [0.25, 0.3) is 5.91 Å². The number of amides is 1. The molecule has 0 bridgehead atoms. The highest BCUT2D eigenvalue weighted by molar-refractivity contribution is 6.31. The second-order valence-corrected chi connectivity index (χ2v) is 7.74. The number of hydrogen-bond donors (Lipinski definition) is 1. The number of carbonyl (C=O) groups excluding carboxylic acids is 2. The molecule has 1 aromatic carbocycles. The molecule has 1 N–H and O–H groups in total. The number of piperidine rings is 1. The van der Waals surface area contributed by atoms with Crippen molar-refractivity contribution in [2.75, 3.05) is 23.3 Å². The molecular formula is C22H23ClN4O3. The predicted octanol–water partition coefficient (Wildman–Crippen LogP) is 3.70. The van der Waals surface area contributed by atoms with Gasteiger partial charge in [0.2, 0.25) is 0 Å². The third-order valence-electron chi connectivity index (χ3n) is 5.15. The zero-order chi connectivity index (χ0) is 21.7. The highest BCUT2D eigenvalue weighted by Gasteiger charge is 2.29. The van der Waals surface area contributed by atoms with E-state index in [1.807, 2.05) is 19.1 Å². The van der Waals surface area contributed by atoms with E-state index in [-0.39, 0.29) is 11.9 Å². The van der Waals surface area contributed by atoms with E-state index in [9.17, 15) is 9.59 Å². The van der Waals surface area contributed by atoms with E-state index in [0.29, 0.717) is 42.2 Å². The number of nitriles is 1. The first kappa shape index (κ1) is 21.6. The molecule has 1 amide bonds. The fourth-order valence-corrected chi connectivity index (χ4v) is 3.44. The first-order valence-corrected chi connectivity index (χ1v) is 10.1. The summed E-state index contributed by atoms with van der Waals surface area (Å²) in [4.78, 5) is 31.3. The van der Waals surface area contributed by atoms with E-state index < -0.39 is 12.0 Å². The topological polar surface area (TPSA) is 95.3 Å². The molecule has 2 heterocycles. The number of benzene rings is 1. The van der Waals surface area contributed by atoms with Gasteiger partial charge < -0.3 is 15.0 Å². The van der Waals surface area contributed by atoms with Crippen molar-refractivity contribution < 1.29 is 14.3 Å². The van der Waals surface area contributed by atoms with E-state index in [1.165, 1.54) is 6.20 Å². The van der Waals surface area contributed by atoms with Gasteiger partial charge in [-0.25, -0.2) is 4.98 Å². The molecule has 1 aliphatic heterocycles. The average Bonchev–Trinajstić information content (AvgIpc) is 2.76. The summed E-state index contributed by atoms with van der Waals surface area (Å²) in [6.45, 7) is 4.73. The maximum atomic E-state index is 12.5. The molecule has 1 saturated heterocycles. The van der Waals surface area contributed by atoms with Crippen molar-refractivity contribution in [1.82, 2.24) is 4.98 Å². The van der Waals surface area contributed by atoms with Crippen LogP contribution in [-0.4, -0.2) is 36.1 Å². The summed E-state index contributed by atoms with van der Waals surface area (Å²) in [6, 6.07) is 10.8. The van der Waals surface area contributed by atoms with Crippen LogP contribution in [0.25, 0.3) is 0 Å². The number of aromatic nitrogens is 1. The van der Waals surface area contributed by atoms with Gasteiger partial charge in [-0.05, 0) is 56.5 Å². The number of aryl methyl sites for hydroxylation is 1. The summed E-state index contributed by atoms with van der Waals surface area (Å²) in [7, 11) is 0. The van der Waals surface area contributed by atoms with Crippen LogP contribution in [0.1, 0.15) is 30.9 Å². The second kappa shape index (κ2) is 9.59. The smallest absolute Gasteiger partial charge is 0.309 e. The Morgan fingerprint density at radius 3 is 2.67 bits per heavy atom. The van der Waals surface area contributed by atoms with Crippen molar-refractivity contribution in [3.63, 3.8) is 0 Å². The largest absolute Gasteiger partial charge is 0.452 e. The summed E-state index contributed by atoms with van der Waals surface area (Å²) in [6.07, 6.45) is 1.86. The maximum absolute atomic E-state index is 12.5. The first-order chi connectivity index (χ1) is 14.4. The molecule has 2 aromatic rings. The highest BCUT2D eigenvalue weighted by Crippen LogP contribution is 2.24. The number of nitrogens with one attached hydrogen (secondary N) is 1. The van der Waals surface area contributed by atoms with Gasteiger partial charge in [0.1, 0.15) is 11.9 Å². The van der Waals surface area contributed by atoms with Crippen LogP contribution in [0.4, 0.5) is 11.5 Å². The lowest BCUT2D eigenvalue weighted by atomic mass is 9.97. The monoisotopic (exact) mass is 426 g/mol. The summed E-state index contributed by atoms with van der Waals surface area (Å²) >= 11 is 5.98. The first-order valence-electron chi connectivity index (χ1n) is 9.76. The van der Waals surface area contributed by atoms with Gasteiger partial charge in [0.05, 0.1) is 11.5 Å². The molecule has 7 nitrogen and oxygen atoms in total. The Labute approximate surface area is 180 Å². The van der Waals surface area contributed by atoms with Crippen LogP contribution in [0.3, 0.4) is 0 Å². The summed E-state index contributed by atoms with van der Waals surface area (Å²) < 4.78 is 5.41. The Balaban J connectivity index is 1.50. The van der Waals surface area contributed by atoms with Gasteiger partial charge in [-0.2, -0.15) is 5.26 Å². The Kier molecular flexibility index (Phi) is 6.91. The summed E-state index contributed by atoms with van der Waals surface area (Å²) in [5.41, 5.74) is 1.98. The van der Waals surface area contributed by atoms with Crippen molar-refractivity contribution >= 4 is 35.0 Å². The number of anilines is 2. The summed E-state index contributed by atoms with van der Waals surface area (Å²) in [5.74, 6) is -0.242. The molecule has 0 saturated carbocycles. The molecular weight excluding hydrogens is 404 g/mol. The number of hydrogen-bond acceptors (Lipinski definition) is 6. The molecule has 8 heteroatoms. The minimum absolute atomic E-state index is 0.261. The predicted molar refractivity (Wildman–Crippen MR) is 114 cm³/mol. The Morgan fingerprint density at radius 2 is 2.03 bits per heavy atom. The molecule has 0 radical (unpaired) electrons. The van der Waals surface area contributed by atoms with E-state index in [2.05, 4.69) is 15.2 Å². The van der Waals surface area contributed by atoms with Crippen LogP contribution in [0.5, 0.6) is 0 Å². The Hall–Kier alpha value is -3.11. The molecule has 1 atom stereocenters. The lowest BCUT2D eigenvalue weighted by molar-refractivity contribution is -0.157. The molecule has 1 unspecified atom stereocenters. The molecule has 3 rings (SSSR count). The normalized spacial score (nSPS) is 15.2. The number of esters is 1. The number of rotatable bonds is 5. The number of halogens is 1. The fourth-order valence-electron chi connectivity index (χ4n) is 3.27. The van der Waals surface area contributed by atoms with E-state index in [1.54, 1.807) is 31.2 Å². The van der Waals surface area contributed by atoms with Crippen molar-refractivity contribution in [2.24, 2.45) is 5.92 Å². The Morgan fingerprint density at radius 1 is 1.30 bits per heavy atom.